The van der Waals surface area contributed by atoms with Gasteiger partial charge >= 0.3 is 5.97 Å². The van der Waals surface area contributed by atoms with E-state index in [1.807, 2.05) is 6.92 Å². The van der Waals surface area contributed by atoms with E-state index in [-0.39, 0.29) is 5.56 Å². The van der Waals surface area contributed by atoms with Gasteiger partial charge in [-0.2, -0.15) is 0 Å². The summed E-state index contributed by atoms with van der Waals surface area (Å²) >= 11 is 1.44. The molecule has 0 spiro atoms. The van der Waals surface area contributed by atoms with Crippen LogP contribution in [0.25, 0.3) is 0 Å². The SMILES string of the molecule is Cc1cnc(Nc2c(N)cccc2C(=O)O)s1. The van der Waals surface area contributed by atoms with Crippen LogP contribution in [0.5, 0.6) is 0 Å². The Hall–Kier alpha value is -2.08. The fourth-order valence-corrected chi connectivity index (χ4v) is 2.08. The number of para-hydroxylation sites is 1. The number of carboxylic acid groups (broad SMARTS) is 1. The molecule has 1 heterocycles. The van der Waals surface area contributed by atoms with Crippen molar-refractivity contribution < 1.29 is 9.90 Å². The van der Waals surface area contributed by atoms with Gasteiger partial charge in [0.25, 0.3) is 0 Å². The molecule has 0 unspecified atom stereocenters. The molecule has 0 saturated heterocycles. The van der Waals surface area contributed by atoms with Crippen molar-refractivity contribution in [1.82, 2.24) is 4.98 Å². The smallest absolute Gasteiger partial charge is 0.337 e. The maximum Gasteiger partial charge on any atom is 0.337 e. The summed E-state index contributed by atoms with van der Waals surface area (Å²) in [7, 11) is 0. The summed E-state index contributed by atoms with van der Waals surface area (Å²) in [5.41, 5.74) is 6.67. The highest BCUT2D eigenvalue weighted by atomic mass is 32.1. The van der Waals surface area contributed by atoms with Crippen LogP contribution < -0.4 is 11.1 Å². The molecule has 0 amide bonds. The van der Waals surface area contributed by atoms with Gasteiger partial charge in [-0.15, -0.1) is 11.3 Å². The first kappa shape index (κ1) is 11.4. The van der Waals surface area contributed by atoms with Crippen molar-refractivity contribution in [2.24, 2.45) is 0 Å². The molecule has 1 aromatic heterocycles. The molecule has 0 aliphatic carbocycles. The Morgan fingerprint density at radius 2 is 2.29 bits per heavy atom. The number of hydrogen-bond donors (Lipinski definition) is 3. The average Bonchev–Trinajstić information content (AvgIpc) is 2.67. The van der Waals surface area contributed by atoms with Crippen molar-refractivity contribution in [2.75, 3.05) is 11.1 Å². The fourth-order valence-electron chi connectivity index (χ4n) is 1.41. The van der Waals surface area contributed by atoms with Gasteiger partial charge in [0.15, 0.2) is 5.13 Å². The predicted molar refractivity (Wildman–Crippen MR) is 67.9 cm³/mol. The number of rotatable bonds is 3. The number of benzene rings is 1. The Morgan fingerprint density at radius 1 is 1.53 bits per heavy atom. The number of nitrogen functional groups attached to an aromatic ring is 1. The Kier molecular flexibility index (Phi) is 2.97. The van der Waals surface area contributed by atoms with E-state index >= 15 is 0 Å². The number of aromatic nitrogens is 1. The molecular formula is C11H11N3O2S. The Balaban J connectivity index is 2.40. The van der Waals surface area contributed by atoms with Crippen LogP contribution >= 0.6 is 11.3 Å². The number of nitrogens with two attached hydrogens (primary N) is 1. The molecule has 2 rings (SSSR count). The van der Waals surface area contributed by atoms with Gasteiger partial charge in [-0.25, -0.2) is 9.78 Å². The van der Waals surface area contributed by atoms with E-state index in [9.17, 15) is 4.79 Å². The van der Waals surface area contributed by atoms with Gasteiger partial charge in [0.05, 0.1) is 16.9 Å². The zero-order chi connectivity index (χ0) is 12.4. The first-order valence-corrected chi connectivity index (χ1v) is 5.71. The van der Waals surface area contributed by atoms with Crippen LogP contribution in [0.3, 0.4) is 0 Å². The van der Waals surface area contributed by atoms with Crippen molar-refractivity contribution in [2.45, 2.75) is 6.92 Å². The minimum absolute atomic E-state index is 0.137. The van der Waals surface area contributed by atoms with Crippen LogP contribution in [0, 0.1) is 6.92 Å². The van der Waals surface area contributed by atoms with Crippen molar-refractivity contribution in [1.29, 1.82) is 0 Å². The van der Waals surface area contributed by atoms with Crippen molar-refractivity contribution in [3.05, 3.63) is 34.8 Å². The zero-order valence-corrected chi connectivity index (χ0v) is 9.91. The highest BCUT2D eigenvalue weighted by Gasteiger charge is 2.13. The maximum absolute atomic E-state index is 11.1. The third-order valence-corrected chi connectivity index (χ3v) is 3.01. The van der Waals surface area contributed by atoms with Gasteiger partial charge in [0.2, 0.25) is 0 Å². The fraction of sp³-hybridized carbons (Fsp3) is 0.0909. The molecule has 0 atom stereocenters. The first-order valence-electron chi connectivity index (χ1n) is 4.89. The summed E-state index contributed by atoms with van der Waals surface area (Å²) in [6.07, 6.45) is 1.71. The second kappa shape index (κ2) is 4.42. The van der Waals surface area contributed by atoms with E-state index in [1.165, 1.54) is 17.4 Å². The number of anilines is 3. The Bertz CT molecular complexity index is 566. The molecule has 0 aliphatic heterocycles. The van der Waals surface area contributed by atoms with Crippen LogP contribution in [-0.4, -0.2) is 16.1 Å². The number of carboxylic acids is 1. The number of carbonyl (C=O) groups is 1. The molecule has 88 valence electrons. The quantitative estimate of drug-likeness (QED) is 0.727. The lowest BCUT2D eigenvalue weighted by molar-refractivity contribution is 0.0698. The molecule has 4 N–H and O–H groups in total. The molecule has 5 nitrogen and oxygen atoms in total. The number of hydrogen-bond acceptors (Lipinski definition) is 5. The molecule has 6 heteroatoms. The van der Waals surface area contributed by atoms with Gasteiger partial charge in [0, 0.05) is 11.1 Å². The minimum Gasteiger partial charge on any atom is -0.478 e. The molecule has 2 aromatic rings. The van der Waals surface area contributed by atoms with E-state index in [0.29, 0.717) is 16.5 Å². The molecule has 0 bridgehead atoms. The van der Waals surface area contributed by atoms with Gasteiger partial charge in [-0.3, -0.25) is 0 Å². The number of thiazole rings is 1. The van der Waals surface area contributed by atoms with E-state index in [2.05, 4.69) is 10.3 Å². The van der Waals surface area contributed by atoms with Crippen molar-refractivity contribution >= 4 is 33.8 Å². The maximum atomic E-state index is 11.1. The second-order valence-corrected chi connectivity index (χ2v) is 4.71. The van der Waals surface area contributed by atoms with Crippen LogP contribution in [0.2, 0.25) is 0 Å². The number of nitrogens with one attached hydrogen (secondary N) is 1. The third-order valence-electron chi connectivity index (χ3n) is 2.18. The number of aromatic carboxylic acids is 1. The number of nitrogens with zero attached hydrogens (tertiary/aromatic N) is 1. The lowest BCUT2D eigenvalue weighted by atomic mass is 10.1. The molecule has 0 saturated carbocycles. The van der Waals surface area contributed by atoms with Gasteiger partial charge in [-0.1, -0.05) is 6.07 Å². The highest BCUT2D eigenvalue weighted by molar-refractivity contribution is 7.15. The standard InChI is InChI=1S/C11H11N3O2S/c1-6-5-13-11(17-6)14-9-7(10(15)16)3-2-4-8(9)12/h2-5H,12H2,1H3,(H,13,14)(H,15,16). The topological polar surface area (TPSA) is 88.2 Å². The predicted octanol–water partition coefficient (Wildman–Crippen LogP) is 2.48. The normalized spacial score (nSPS) is 10.2. The van der Waals surface area contributed by atoms with Crippen molar-refractivity contribution in [3.63, 3.8) is 0 Å². The molecule has 1 aromatic carbocycles. The Morgan fingerprint density at radius 3 is 2.88 bits per heavy atom. The Labute approximate surface area is 102 Å². The van der Waals surface area contributed by atoms with E-state index in [4.69, 9.17) is 10.8 Å². The average molecular weight is 249 g/mol. The van der Waals surface area contributed by atoms with E-state index in [1.54, 1.807) is 18.3 Å². The van der Waals surface area contributed by atoms with Gasteiger partial charge < -0.3 is 16.2 Å². The first-order chi connectivity index (χ1) is 8.08. The lowest BCUT2D eigenvalue weighted by Crippen LogP contribution is -2.05. The largest absolute Gasteiger partial charge is 0.478 e. The zero-order valence-electron chi connectivity index (χ0n) is 9.10. The van der Waals surface area contributed by atoms with Crippen LogP contribution in [0.15, 0.2) is 24.4 Å². The van der Waals surface area contributed by atoms with Gasteiger partial charge in [-0.05, 0) is 19.1 Å². The highest BCUT2D eigenvalue weighted by Crippen LogP contribution is 2.29. The molecule has 0 fully saturated rings. The molecule has 0 radical (unpaired) electrons. The summed E-state index contributed by atoms with van der Waals surface area (Å²) < 4.78 is 0. The number of aryl methyl sites for hydroxylation is 1. The van der Waals surface area contributed by atoms with Gasteiger partial charge in [0.1, 0.15) is 0 Å². The lowest BCUT2D eigenvalue weighted by Gasteiger charge is -2.09. The molecule has 17 heavy (non-hydrogen) atoms. The summed E-state index contributed by atoms with van der Waals surface area (Å²) in [4.78, 5) is 16.2. The van der Waals surface area contributed by atoms with Crippen LogP contribution in [0.1, 0.15) is 15.2 Å². The summed E-state index contributed by atoms with van der Waals surface area (Å²) in [5.74, 6) is -1.02. The van der Waals surface area contributed by atoms with E-state index < -0.39 is 5.97 Å². The summed E-state index contributed by atoms with van der Waals surface area (Å²) in [6, 6.07) is 4.76. The second-order valence-electron chi connectivity index (χ2n) is 3.48. The third kappa shape index (κ3) is 2.36. The monoisotopic (exact) mass is 249 g/mol. The molecule has 0 aliphatic rings. The van der Waals surface area contributed by atoms with Crippen molar-refractivity contribution in [3.8, 4) is 0 Å². The summed E-state index contributed by atoms with van der Waals surface area (Å²) in [6.45, 7) is 1.93. The molecular weight excluding hydrogens is 238 g/mol. The summed E-state index contributed by atoms with van der Waals surface area (Å²) in [5, 5.41) is 12.6. The van der Waals surface area contributed by atoms with Crippen LogP contribution in [-0.2, 0) is 0 Å². The van der Waals surface area contributed by atoms with Crippen LogP contribution in [0.4, 0.5) is 16.5 Å². The minimum atomic E-state index is -1.02. The van der Waals surface area contributed by atoms with E-state index in [0.717, 1.165) is 4.88 Å².